The summed E-state index contributed by atoms with van der Waals surface area (Å²) in [5.41, 5.74) is 0. The van der Waals surface area contributed by atoms with E-state index in [-0.39, 0.29) is 23.0 Å². The second kappa shape index (κ2) is 6.23. The number of ether oxygens (including phenoxy) is 1. The van der Waals surface area contributed by atoms with E-state index in [9.17, 15) is 8.42 Å². The van der Waals surface area contributed by atoms with Crippen LogP contribution in [0, 0.1) is 5.92 Å². The lowest BCUT2D eigenvalue weighted by molar-refractivity contribution is 0.00238. The molecule has 2 aliphatic heterocycles. The van der Waals surface area contributed by atoms with Gasteiger partial charge in [-0.3, -0.25) is 4.98 Å². The van der Waals surface area contributed by atoms with E-state index >= 15 is 0 Å². The van der Waals surface area contributed by atoms with Crippen LogP contribution in [0.4, 0.5) is 0 Å². The number of methoxy groups -OCH3 is 1. The van der Waals surface area contributed by atoms with Crippen molar-refractivity contribution in [1.82, 2.24) is 14.2 Å². The standard InChI is InChI=1S/C15H23N3O3S/c1-3-17-10-13-14(11-17)18(8-6-15(13)21-2)22(19,20)12-5-4-7-16-9-12/h4-5,7,9,13-15H,3,6,8,10-11H2,1-2H3/t13-,14+,15+/m1/s1. The largest absolute Gasteiger partial charge is 0.381 e. The highest BCUT2D eigenvalue weighted by Crippen LogP contribution is 2.35. The number of nitrogens with zero attached hydrogens (tertiary/aromatic N) is 3. The second-order valence-corrected chi connectivity index (χ2v) is 7.84. The van der Waals surface area contributed by atoms with Crippen LogP contribution in [0.1, 0.15) is 13.3 Å². The number of aromatic nitrogens is 1. The van der Waals surface area contributed by atoms with Crippen LogP contribution in [0.3, 0.4) is 0 Å². The van der Waals surface area contributed by atoms with Crippen molar-refractivity contribution in [2.45, 2.75) is 30.4 Å². The number of hydrogen-bond donors (Lipinski definition) is 0. The number of likely N-dealkylation sites (tertiary alicyclic amines) is 1. The van der Waals surface area contributed by atoms with Gasteiger partial charge in [-0.25, -0.2) is 8.42 Å². The van der Waals surface area contributed by atoms with Crippen molar-refractivity contribution in [3.63, 3.8) is 0 Å². The molecule has 2 aliphatic rings. The molecule has 0 aromatic carbocycles. The predicted octanol–water partition coefficient (Wildman–Crippen LogP) is 0.811. The molecule has 0 saturated carbocycles. The second-order valence-electron chi connectivity index (χ2n) is 5.95. The van der Waals surface area contributed by atoms with E-state index in [0.29, 0.717) is 6.54 Å². The van der Waals surface area contributed by atoms with Crippen LogP contribution in [-0.4, -0.2) is 68.0 Å². The van der Waals surface area contributed by atoms with Gasteiger partial charge in [-0.15, -0.1) is 0 Å². The van der Waals surface area contributed by atoms with Crippen LogP contribution in [0.25, 0.3) is 0 Å². The fourth-order valence-electron chi connectivity index (χ4n) is 3.68. The lowest BCUT2D eigenvalue weighted by Gasteiger charge is -2.40. The molecule has 3 atom stereocenters. The first-order valence-electron chi connectivity index (χ1n) is 7.75. The smallest absolute Gasteiger partial charge is 0.244 e. The highest BCUT2D eigenvalue weighted by Gasteiger charge is 2.48. The number of likely N-dealkylation sites (N-methyl/N-ethyl adjacent to an activating group) is 1. The number of fused-ring (bicyclic) bond motifs is 1. The fourth-order valence-corrected chi connectivity index (χ4v) is 5.32. The Labute approximate surface area is 132 Å². The summed E-state index contributed by atoms with van der Waals surface area (Å²) >= 11 is 0. The first-order chi connectivity index (χ1) is 10.6. The minimum absolute atomic E-state index is 0.0103. The topological polar surface area (TPSA) is 62.7 Å². The van der Waals surface area contributed by atoms with Crippen molar-refractivity contribution in [2.75, 3.05) is 33.3 Å². The molecule has 122 valence electrons. The van der Waals surface area contributed by atoms with Gasteiger partial charge in [0.05, 0.1) is 6.10 Å². The van der Waals surface area contributed by atoms with Gasteiger partial charge in [-0.05, 0) is 25.1 Å². The Hall–Kier alpha value is -1.02. The molecule has 0 N–H and O–H groups in total. The van der Waals surface area contributed by atoms with Crippen LogP contribution in [-0.2, 0) is 14.8 Å². The molecule has 1 aromatic heterocycles. The zero-order chi connectivity index (χ0) is 15.7. The van der Waals surface area contributed by atoms with Crippen LogP contribution >= 0.6 is 0 Å². The normalized spacial score (nSPS) is 30.4. The van der Waals surface area contributed by atoms with Gasteiger partial charge in [0.2, 0.25) is 10.0 Å². The van der Waals surface area contributed by atoms with Gasteiger partial charge in [-0.2, -0.15) is 4.31 Å². The molecule has 3 rings (SSSR count). The van der Waals surface area contributed by atoms with Gasteiger partial charge in [0.25, 0.3) is 0 Å². The minimum atomic E-state index is -3.49. The fraction of sp³-hybridized carbons (Fsp3) is 0.667. The maximum atomic E-state index is 12.9. The van der Waals surface area contributed by atoms with E-state index in [1.54, 1.807) is 29.7 Å². The number of pyridine rings is 1. The van der Waals surface area contributed by atoms with E-state index in [1.807, 2.05) is 0 Å². The SMILES string of the molecule is CCN1C[C@H]2[C@@H](OC)CCN(S(=O)(=O)c3cccnc3)[C@H]2C1. The zero-order valence-electron chi connectivity index (χ0n) is 13.1. The van der Waals surface area contributed by atoms with E-state index in [0.717, 1.165) is 26.1 Å². The maximum absolute atomic E-state index is 12.9. The summed E-state index contributed by atoms with van der Waals surface area (Å²) < 4.78 is 33.2. The van der Waals surface area contributed by atoms with Crippen LogP contribution in [0.15, 0.2) is 29.4 Å². The van der Waals surface area contributed by atoms with Gasteiger partial charge < -0.3 is 9.64 Å². The lowest BCUT2D eigenvalue weighted by atomic mass is 9.91. The third-order valence-electron chi connectivity index (χ3n) is 4.88. The van der Waals surface area contributed by atoms with Gasteiger partial charge in [-0.1, -0.05) is 6.92 Å². The Morgan fingerprint density at radius 2 is 2.23 bits per heavy atom. The molecule has 3 heterocycles. The molecule has 0 spiro atoms. The van der Waals surface area contributed by atoms with Crippen molar-refractivity contribution in [3.05, 3.63) is 24.5 Å². The summed E-state index contributed by atoms with van der Waals surface area (Å²) in [6, 6.07) is 3.27. The Morgan fingerprint density at radius 3 is 2.86 bits per heavy atom. The highest BCUT2D eigenvalue weighted by atomic mass is 32.2. The van der Waals surface area contributed by atoms with Crippen molar-refractivity contribution < 1.29 is 13.2 Å². The third-order valence-corrected chi connectivity index (χ3v) is 6.79. The van der Waals surface area contributed by atoms with E-state index in [2.05, 4.69) is 16.8 Å². The summed E-state index contributed by atoms with van der Waals surface area (Å²) in [6.45, 7) is 5.23. The third kappa shape index (κ3) is 2.67. The molecular formula is C15H23N3O3S. The molecule has 0 amide bonds. The predicted molar refractivity (Wildman–Crippen MR) is 82.9 cm³/mol. The van der Waals surface area contributed by atoms with Crippen molar-refractivity contribution in [3.8, 4) is 0 Å². The summed E-state index contributed by atoms with van der Waals surface area (Å²) in [5, 5.41) is 0. The molecule has 6 nitrogen and oxygen atoms in total. The monoisotopic (exact) mass is 325 g/mol. The Morgan fingerprint density at radius 1 is 1.41 bits per heavy atom. The number of rotatable bonds is 4. The molecular weight excluding hydrogens is 302 g/mol. The molecule has 0 radical (unpaired) electrons. The minimum Gasteiger partial charge on any atom is -0.381 e. The van der Waals surface area contributed by atoms with E-state index in [1.165, 1.54) is 6.20 Å². The molecule has 22 heavy (non-hydrogen) atoms. The molecule has 2 saturated heterocycles. The highest BCUT2D eigenvalue weighted by molar-refractivity contribution is 7.89. The van der Waals surface area contributed by atoms with Crippen LogP contribution in [0.2, 0.25) is 0 Å². The molecule has 1 aromatic rings. The van der Waals surface area contributed by atoms with Crippen molar-refractivity contribution in [1.29, 1.82) is 0 Å². The summed E-state index contributed by atoms with van der Waals surface area (Å²) in [7, 11) is -1.77. The molecule has 2 fully saturated rings. The number of piperidine rings is 1. The average molecular weight is 325 g/mol. The van der Waals surface area contributed by atoms with Gasteiger partial charge in [0, 0.05) is 51.1 Å². The molecule has 0 unspecified atom stereocenters. The molecule has 0 bridgehead atoms. The van der Waals surface area contributed by atoms with Crippen molar-refractivity contribution >= 4 is 10.0 Å². The number of hydrogen-bond acceptors (Lipinski definition) is 5. The first-order valence-corrected chi connectivity index (χ1v) is 9.19. The maximum Gasteiger partial charge on any atom is 0.244 e. The summed E-state index contributed by atoms with van der Waals surface area (Å²) in [5.74, 6) is 0.241. The quantitative estimate of drug-likeness (QED) is 0.820. The van der Waals surface area contributed by atoms with Gasteiger partial charge >= 0.3 is 0 Å². The Kier molecular flexibility index (Phi) is 4.49. The summed E-state index contributed by atoms with van der Waals surface area (Å²) in [4.78, 5) is 6.53. The average Bonchev–Trinajstić information content (AvgIpc) is 2.98. The first kappa shape index (κ1) is 15.9. The van der Waals surface area contributed by atoms with Gasteiger partial charge in [0.15, 0.2) is 0 Å². The van der Waals surface area contributed by atoms with Crippen LogP contribution in [0.5, 0.6) is 0 Å². The number of sulfonamides is 1. The zero-order valence-corrected chi connectivity index (χ0v) is 13.9. The van der Waals surface area contributed by atoms with Crippen LogP contribution < -0.4 is 0 Å². The van der Waals surface area contributed by atoms with Crippen molar-refractivity contribution in [2.24, 2.45) is 5.92 Å². The van der Waals surface area contributed by atoms with Gasteiger partial charge in [0.1, 0.15) is 4.90 Å². The molecule has 0 aliphatic carbocycles. The van der Waals surface area contributed by atoms with E-state index < -0.39 is 10.0 Å². The lowest BCUT2D eigenvalue weighted by Crippen LogP contribution is -2.53. The Balaban J connectivity index is 1.91. The summed E-state index contributed by atoms with van der Waals surface area (Å²) in [6.07, 6.45) is 3.91. The molecule has 7 heteroatoms. The van der Waals surface area contributed by atoms with E-state index in [4.69, 9.17) is 4.74 Å². The Bertz CT molecular complexity index is 608.